The Morgan fingerprint density at radius 1 is 0.436 bits per heavy atom. The molecule has 4 rings (SSSR count). The van der Waals surface area contributed by atoms with Gasteiger partial charge in [0.2, 0.25) is 0 Å². The first kappa shape index (κ1) is 28.9. The fourth-order valence-electron chi connectivity index (χ4n) is 5.11. The molecular formula is C32H40O7. The van der Waals surface area contributed by atoms with E-state index in [4.69, 9.17) is 33.2 Å². The molecule has 1 aliphatic heterocycles. The van der Waals surface area contributed by atoms with Crippen LogP contribution in [0.5, 0.6) is 17.2 Å². The second kappa shape index (κ2) is 13.8. The Morgan fingerprint density at radius 2 is 0.744 bits per heavy atom. The SMILES string of the molecule is COc1c2cc(C)cc1-c1cc(C)cc(c1OC)-c1cc(C)cc(c1OC)COCCOCCOCCOC2. The molecule has 0 aliphatic carbocycles. The van der Waals surface area contributed by atoms with Gasteiger partial charge in [0, 0.05) is 33.4 Å². The number of fused-ring (bicyclic) bond motifs is 8. The van der Waals surface area contributed by atoms with E-state index in [0.29, 0.717) is 52.9 Å². The summed E-state index contributed by atoms with van der Waals surface area (Å²) in [7, 11) is 5.10. The standard InChI is InChI=1S/C32H40O7/c1-21-13-24-19-38-11-9-36-7-8-37-10-12-39-20-25-14-22(2)16-27(31(25)34-5)29-18-23(3)17-28(32(29)35-6)26(15-21)30(24)33-4/h13-18H,7-12,19-20H2,1-6H3. The summed E-state index contributed by atoms with van der Waals surface area (Å²) < 4.78 is 41.3. The second-order valence-corrected chi connectivity index (χ2v) is 9.73. The van der Waals surface area contributed by atoms with Gasteiger partial charge in [-0.2, -0.15) is 0 Å². The van der Waals surface area contributed by atoms with E-state index in [1.165, 1.54) is 0 Å². The van der Waals surface area contributed by atoms with Gasteiger partial charge in [0.05, 0.1) is 74.2 Å². The van der Waals surface area contributed by atoms with Gasteiger partial charge in [0.1, 0.15) is 17.2 Å². The van der Waals surface area contributed by atoms with Crippen LogP contribution in [-0.4, -0.2) is 61.0 Å². The largest absolute Gasteiger partial charge is 0.496 e. The molecule has 1 heterocycles. The maximum Gasteiger partial charge on any atom is 0.134 e. The van der Waals surface area contributed by atoms with Crippen molar-refractivity contribution >= 4 is 0 Å². The first-order chi connectivity index (χ1) is 19.0. The minimum Gasteiger partial charge on any atom is -0.496 e. The number of ether oxygens (including phenoxy) is 7. The Hall–Kier alpha value is -3.10. The summed E-state index contributed by atoms with van der Waals surface area (Å²) in [6, 6.07) is 12.8. The molecule has 39 heavy (non-hydrogen) atoms. The smallest absolute Gasteiger partial charge is 0.134 e. The highest BCUT2D eigenvalue weighted by atomic mass is 16.6. The zero-order chi connectivity index (χ0) is 27.8. The fourth-order valence-corrected chi connectivity index (χ4v) is 5.11. The molecule has 3 aromatic rings. The molecule has 1 aliphatic rings. The lowest BCUT2D eigenvalue weighted by atomic mass is 9.90. The van der Waals surface area contributed by atoms with Crippen LogP contribution in [0.3, 0.4) is 0 Å². The lowest BCUT2D eigenvalue weighted by Crippen LogP contribution is -2.12. The van der Waals surface area contributed by atoms with E-state index < -0.39 is 0 Å². The van der Waals surface area contributed by atoms with Crippen LogP contribution in [0.4, 0.5) is 0 Å². The van der Waals surface area contributed by atoms with Crippen molar-refractivity contribution in [3.05, 3.63) is 64.2 Å². The molecule has 0 saturated heterocycles. The van der Waals surface area contributed by atoms with Gasteiger partial charge in [-0.05, 0) is 61.7 Å². The number of hydrogen-bond acceptors (Lipinski definition) is 7. The van der Waals surface area contributed by atoms with Gasteiger partial charge in [-0.25, -0.2) is 0 Å². The average molecular weight is 537 g/mol. The molecule has 6 bridgehead atoms. The van der Waals surface area contributed by atoms with Crippen molar-refractivity contribution in [1.29, 1.82) is 0 Å². The molecule has 0 fully saturated rings. The Morgan fingerprint density at radius 3 is 1.10 bits per heavy atom. The maximum atomic E-state index is 6.13. The van der Waals surface area contributed by atoms with Crippen LogP contribution in [-0.2, 0) is 32.2 Å². The monoisotopic (exact) mass is 536 g/mol. The van der Waals surface area contributed by atoms with Gasteiger partial charge in [-0.15, -0.1) is 0 Å². The molecule has 210 valence electrons. The van der Waals surface area contributed by atoms with Crippen molar-refractivity contribution in [1.82, 2.24) is 0 Å². The van der Waals surface area contributed by atoms with E-state index in [2.05, 4.69) is 57.2 Å². The molecule has 0 spiro atoms. The van der Waals surface area contributed by atoms with E-state index in [-0.39, 0.29) is 0 Å². The van der Waals surface area contributed by atoms with Crippen LogP contribution in [0.1, 0.15) is 27.8 Å². The summed E-state index contributed by atoms with van der Waals surface area (Å²) in [6.45, 7) is 10.0. The highest BCUT2D eigenvalue weighted by Gasteiger charge is 2.23. The topological polar surface area (TPSA) is 64.6 Å². The minimum absolute atomic E-state index is 0.408. The predicted molar refractivity (Wildman–Crippen MR) is 152 cm³/mol. The summed E-state index contributed by atoms with van der Waals surface area (Å²) >= 11 is 0. The van der Waals surface area contributed by atoms with E-state index in [1.807, 2.05) is 0 Å². The van der Waals surface area contributed by atoms with E-state index in [0.717, 1.165) is 67.3 Å². The molecule has 0 radical (unpaired) electrons. The second-order valence-electron chi connectivity index (χ2n) is 9.73. The van der Waals surface area contributed by atoms with Crippen LogP contribution >= 0.6 is 0 Å². The summed E-state index contributed by atoms with van der Waals surface area (Å²) in [5, 5.41) is 0. The Balaban J connectivity index is 1.91. The highest BCUT2D eigenvalue weighted by molar-refractivity contribution is 5.88. The van der Waals surface area contributed by atoms with Crippen molar-refractivity contribution in [3.63, 3.8) is 0 Å². The Bertz CT molecular complexity index is 1180. The molecule has 7 heteroatoms. The van der Waals surface area contributed by atoms with E-state index in [1.54, 1.807) is 21.3 Å². The van der Waals surface area contributed by atoms with Crippen LogP contribution in [0.25, 0.3) is 22.3 Å². The quantitative estimate of drug-likeness (QED) is 0.404. The summed E-state index contributed by atoms with van der Waals surface area (Å²) in [6.07, 6.45) is 0. The fraction of sp³-hybridized carbons (Fsp3) is 0.438. The van der Waals surface area contributed by atoms with Crippen molar-refractivity contribution in [2.75, 3.05) is 61.0 Å². The summed E-state index contributed by atoms with van der Waals surface area (Å²) in [5.41, 5.74) is 9.04. The van der Waals surface area contributed by atoms with Crippen molar-refractivity contribution < 1.29 is 33.2 Å². The zero-order valence-corrected chi connectivity index (χ0v) is 24.0. The first-order valence-corrected chi connectivity index (χ1v) is 13.3. The highest BCUT2D eigenvalue weighted by Crippen LogP contribution is 2.47. The third-order valence-corrected chi connectivity index (χ3v) is 6.68. The predicted octanol–water partition coefficient (Wildman–Crippen LogP) is 6.05. The van der Waals surface area contributed by atoms with E-state index in [9.17, 15) is 0 Å². The summed E-state index contributed by atoms with van der Waals surface area (Å²) in [5.74, 6) is 2.28. The van der Waals surface area contributed by atoms with Gasteiger partial charge < -0.3 is 33.2 Å². The minimum atomic E-state index is 0.408. The molecule has 0 amide bonds. The van der Waals surface area contributed by atoms with E-state index >= 15 is 0 Å². The number of rotatable bonds is 3. The number of aryl methyl sites for hydroxylation is 3. The third kappa shape index (κ3) is 6.92. The van der Waals surface area contributed by atoms with Crippen LogP contribution in [0.15, 0.2) is 36.4 Å². The summed E-state index contributed by atoms with van der Waals surface area (Å²) in [4.78, 5) is 0. The molecule has 0 N–H and O–H groups in total. The normalized spacial score (nSPS) is 15.2. The van der Waals surface area contributed by atoms with Gasteiger partial charge in [0.25, 0.3) is 0 Å². The van der Waals surface area contributed by atoms with Crippen molar-refractivity contribution in [2.24, 2.45) is 0 Å². The molecule has 0 unspecified atom stereocenters. The molecular weight excluding hydrogens is 496 g/mol. The number of hydrogen-bond donors (Lipinski definition) is 0. The lowest BCUT2D eigenvalue weighted by molar-refractivity contribution is -0.00647. The Kier molecular flexibility index (Phi) is 10.2. The number of methoxy groups -OCH3 is 3. The lowest BCUT2D eigenvalue weighted by Gasteiger charge is -2.22. The molecule has 0 saturated carbocycles. The molecule has 0 atom stereocenters. The van der Waals surface area contributed by atoms with Crippen molar-refractivity contribution in [3.8, 4) is 39.5 Å². The number of benzene rings is 3. The van der Waals surface area contributed by atoms with Gasteiger partial charge in [-0.1, -0.05) is 12.1 Å². The van der Waals surface area contributed by atoms with Crippen LogP contribution in [0.2, 0.25) is 0 Å². The molecule has 3 aromatic carbocycles. The van der Waals surface area contributed by atoms with Crippen LogP contribution < -0.4 is 14.2 Å². The average Bonchev–Trinajstić information content (AvgIpc) is 2.92. The maximum absolute atomic E-state index is 6.13. The van der Waals surface area contributed by atoms with Gasteiger partial charge >= 0.3 is 0 Å². The molecule has 7 nitrogen and oxygen atoms in total. The zero-order valence-electron chi connectivity index (χ0n) is 24.0. The van der Waals surface area contributed by atoms with Gasteiger partial charge in [0.15, 0.2) is 0 Å². The van der Waals surface area contributed by atoms with Crippen LogP contribution in [0, 0.1) is 20.8 Å². The first-order valence-electron chi connectivity index (χ1n) is 13.3. The van der Waals surface area contributed by atoms with Crippen molar-refractivity contribution in [2.45, 2.75) is 34.0 Å². The van der Waals surface area contributed by atoms with Gasteiger partial charge in [-0.3, -0.25) is 0 Å². The Labute approximate surface area is 231 Å². The molecule has 0 aromatic heterocycles. The third-order valence-electron chi connectivity index (χ3n) is 6.68.